The lowest BCUT2D eigenvalue weighted by Crippen LogP contribution is -1.98. The molecule has 2 aromatic heterocycles. The van der Waals surface area contributed by atoms with E-state index in [4.69, 9.17) is 5.11 Å². The van der Waals surface area contributed by atoms with Gasteiger partial charge in [-0.2, -0.15) is 0 Å². The SMILES string of the molecule is CCCc1cc(-c2nc(C(=O)O)c(C)s2)ccn1. The summed E-state index contributed by atoms with van der Waals surface area (Å²) in [5.41, 5.74) is 2.10. The molecule has 94 valence electrons. The van der Waals surface area contributed by atoms with Gasteiger partial charge in [0.25, 0.3) is 0 Å². The van der Waals surface area contributed by atoms with Crippen LogP contribution in [0.2, 0.25) is 0 Å². The van der Waals surface area contributed by atoms with E-state index in [9.17, 15) is 4.79 Å². The van der Waals surface area contributed by atoms with E-state index in [1.807, 2.05) is 12.1 Å². The number of pyridine rings is 1. The normalized spacial score (nSPS) is 10.6. The summed E-state index contributed by atoms with van der Waals surface area (Å²) in [6.07, 6.45) is 3.70. The summed E-state index contributed by atoms with van der Waals surface area (Å²) in [7, 11) is 0. The summed E-state index contributed by atoms with van der Waals surface area (Å²) < 4.78 is 0. The smallest absolute Gasteiger partial charge is 0.355 e. The van der Waals surface area contributed by atoms with Crippen LogP contribution in [0.25, 0.3) is 10.6 Å². The second kappa shape index (κ2) is 5.27. The Bertz CT molecular complexity index is 578. The number of aromatic nitrogens is 2. The van der Waals surface area contributed by atoms with E-state index in [1.165, 1.54) is 11.3 Å². The van der Waals surface area contributed by atoms with E-state index in [0.29, 0.717) is 0 Å². The Kier molecular flexibility index (Phi) is 3.72. The van der Waals surface area contributed by atoms with Crippen molar-refractivity contribution in [2.45, 2.75) is 26.7 Å². The Morgan fingerprint density at radius 1 is 1.50 bits per heavy atom. The molecule has 0 amide bonds. The van der Waals surface area contributed by atoms with Gasteiger partial charge >= 0.3 is 5.97 Å². The lowest BCUT2D eigenvalue weighted by atomic mass is 10.2. The maximum absolute atomic E-state index is 11.0. The summed E-state index contributed by atoms with van der Waals surface area (Å²) in [5.74, 6) is -0.974. The highest BCUT2D eigenvalue weighted by molar-refractivity contribution is 7.15. The molecule has 4 nitrogen and oxygen atoms in total. The number of carbonyl (C=O) groups is 1. The number of aryl methyl sites for hydroxylation is 2. The van der Waals surface area contributed by atoms with Crippen LogP contribution >= 0.6 is 11.3 Å². The maximum Gasteiger partial charge on any atom is 0.355 e. The lowest BCUT2D eigenvalue weighted by Gasteiger charge is -2.00. The molecule has 0 saturated carbocycles. The van der Waals surface area contributed by atoms with Crippen molar-refractivity contribution < 1.29 is 9.90 Å². The molecule has 0 aromatic carbocycles. The zero-order valence-electron chi connectivity index (χ0n) is 10.3. The molecule has 0 saturated heterocycles. The second-order valence-corrected chi connectivity index (χ2v) is 5.22. The summed E-state index contributed by atoms with van der Waals surface area (Å²) in [4.78, 5) is 20.1. The molecule has 1 N–H and O–H groups in total. The molecule has 2 heterocycles. The van der Waals surface area contributed by atoms with E-state index >= 15 is 0 Å². The first-order chi connectivity index (χ1) is 8.61. The number of thiazole rings is 1. The van der Waals surface area contributed by atoms with Crippen LogP contribution < -0.4 is 0 Å². The van der Waals surface area contributed by atoms with Gasteiger partial charge in [0.1, 0.15) is 5.01 Å². The fraction of sp³-hybridized carbons (Fsp3) is 0.308. The summed E-state index contributed by atoms with van der Waals surface area (Å²) >= 11 is 1.40. The van der Waals surface area contributed by atoms with E-state index in [-0.39, 0.29) is 5.69 Å². The fourth-order valence-corrected chi connectivity index (χ4v) is 2.62. The molecule has 0 atom stereocenters. The van der Waals surface area contributed by atoms with Gasteiger partial charge in [-0.05, 0) is 25.5 Å². The monoisotopic (exact) mass is 262 g/mol. The molecule has 0 fully saturated rings. The Morgan fingerprint density at radius 3 is 2.89 bits per heavy atom. The van der Waals surface area contributed by atoms with Gasteiger partial charge in [0.2, 0.25) is 0 Å². The van der Waals surface area contributed by atoms with E-state index in [0.717, 1.165) is 34.0 Å². The van der Waals surface area contributed by atoms with E-state index in [1.54, 1.807) is 13.1 Å². The minimum absolute atomic E-state index is 0.142. The van der Waals surface area contributed by atoms with Crippen molar-refractivity contribution in [3.63, 3.8) is 0 Å². The second-order valence-electron chi connectivity index (χ2n) is 4.01. The van der Waals surface area contributed by atoms with Gasteiger partial charge in [0, 0.05) is 22.3 Å². The number of nitrogens with zero attached hydrogens (tertiary/aromatic N) is 2. The summed E-state index contributed by atoms with van der Waals surface area (Å²) in [5, 5.41) is 9.74. The molecule has 2 rings (SSSR count). The van der Waals surface area contributed by atoms with Gasteiger partial charge in [-0.25, -0.2) is 9.78 Å². The summed E-state index contributed by atoms with van der Waals surface area (Å²) in [6, 6.07) is 3.84. The summed E-state index contributed by atoms with van der Waals surface area (Å²) in [6.45, 7) is 3.88. The van der Waals surface area contributed by atoms with Crippen molar-refractivity contribution in [3.8, 4) is 10.6 Å². The molecular weight excluding hydrogens is 248 g/mol. The van der Waals surface area contributed by atoms with Gasteiger partial charge in [0.15, 0.2) is 5.69 Å². The van der Waals surface area contributed by atoms with Crippen LogP contribution in [-0.4, -0.2) is 21.0 Å². The van der Waals surface area contributed by atoms with E-state index < -0.39 is 5.97 Å². The van der Waals surface area contributed by atoms with Crippen molar-refractivity contribution in [1.82, 2.24) is 9.97 Å². The minimum Gasteiger partial charge on any atom is -0.476 e. The highest BCUT2D eigenvalue weighted by atomic mass is 32.1. The topological polar surface area (TPSA) is 63.1 Å². The Balaban J connectivity index is 2.39. The number of rotatable bonds is 4. The molecule has 0 spiro atoms. The first kappa shape index (κ1) is 12.7. The number of hydrogen-bond acceptors (Lipinski definition) is 4. The van der Waals surface area contributed by atoms with Crippen LogP contribution in [0.15, 0.2) is 18.3 Å². The van der Waals surface area contributed by atoms with Crippen molar-refractivity contribution in [2.24, 2.45) is 0 Å². The number of carboxylic acids is 1. The Hall–Kier alpha value is -1.75. The van der Waals surface area contributed by atoms with Crippen molar-refractivity contribution >= 4 is 17.3 Å². The molecule has 0 radical (unpaired) electrons. The first-order valence-corrected chi connectivity index (χ1v) is 6.59. The highest BCUT2D eigenvalue weighted by Gasteiger charge is 2.15. The predicted octanol–water partition coefficient (Wildman–Crippen LogP) is 3.16. The molecule has 0 aliphatic rings. The third-order valence-corrected chi connectivity index (χ3v) is 3.59. The van der Waals surface area contributed by atoms with Gasteiger partial charge in [0.05, 0.1) is 0 Å². The number of carboxylic acid groups (broad SMARTS) is 1. The molecule has 5 heteroatoms. The van der Waals surface area contributed by atoms with Crippen molar-refractivity contribution in [3.05, 3.63) is 34.6 Å². The van der Waals surface area contributed by atoms with Gasteiger partial charge < -0.3 is 5.11 Å². The fourth-order valence-electron chi connectivity index (χ4n) is 1.72. The zero-order valence-corrected chi connectivity index (χ0v) is 11.1. The molecule has 18 heavy (non-hydrogen) atoms. The maximum atomic E-state index is 11.0. The standard InChI is InChI=1S/C13H14N2O2S/c1-3-4-10-7-9(5-6-14-10)12-15-11(13(16)17)8(2)18-12/h5-7H,3-4H2,1-2H3,(H,16,17). The average molecular weight is 262 g/mol. The predicted molar refractivity (Wildman–Crippen MR) is 71.0 cm³/mol. The quantitative estimate of drug-likeness (QED) is 0.919. The first-order valence-electron chi connectivity index (χ1n) is 5.78. The Labute approximate surface area is 109 Å². The number of hydrogen-bond donors (Lipinski definition) is 1. The van der Waals surface area contributed by atoms with Crippen LogP contribution in [0.4, 0.5) is 0 Å². The Morgan fingerprint density at radius 2 is 2.28 bits per heavy atom. The largest absolute Gasteiger partial charge is 0.476 e. The molecule has 2 aromatic rings. The minimum atomic E-state index is -0.974. The zero-order chi connectivity index (χ0) is 13.1. The average Bonchev–Trinajstić information content (AvgIpc) is 2.72. The molecular formula is C13H14N2O2S. The third kappa shape index (κ3) is 2.56. The lowest BCUT2D eigenvalue weighted by molar-refractivity contribution is 0.0690. The molecule has 0 aliphatic carbocycles. The molecule has 0 aliphatic heterocycles. The van der Waals surface area contributed by atoms with Crippen LogP contribution in [0, 0.1) is 6.92 Å². The van der Waals surface area contributed by atoms with Crippen LogP contribution in [0.5, 0.6) is 0 Å². The molecule has 0 bridgehead atoms. The third-order valence-electron chi connectivity index (χ3n) is 2.57. The van der Waals surface area contributed by atoms with Gasteiger partial charge in [-0.15, -0.1) is 11.3 Å². The van der Waals surface area contributed by atoms with E-state index in [2.05, 4.69) is 16.9 Å². The van der Waals surface area contributed by atoms with Crippen molar-refractivity contribution in [2.75, 3.05) is 0 Å². The van der Waals surface area contributed by atoms with Crippen LogP contribution in [-0.2, 0) is 6.42 Å². The van der Waals surface area contributed by atoms with Crippen molar-refractivity contribution in [1.29, 1.82) is 0 Å². The van der Waals surface area contributed by atoms with Gasteiger partial charge in [-0.3, -0.25) is 4.98 Å². The molecule has 0 unspecified atom stereocenters. The highest BCUT2D eigenvalue weighted by Crippen LogP contribution is 2.27. The van der Waals surface area contributed by atoms with Crippen LogP contribution in [0.1, 0.15) is 34.4 Å². The van der Waals surface area contributed by atoms with Gasteiger partial charge in [-0.1, -0.05) is 13.3 Å². The van der Waals surface area contributed by atoms with Crippen LogP contribution in [0.3, 0.4) is 0 Å². The number of aromatic carboxylic acids is 1.